The zero-order chi connectivity index (χ0) is 11.2. The molecule has 0 atom stereocenters. The number of rotatable bonds is 6. The highest BCUT2D eigenvalue weighted by Crippen LogP contribution is 2.15. The van der Waals surface area contributed by atoms with Crippen molar-refractivity contribution in [3.05, 3.63) is 0 Å². The molecule has 0 amide bonds. The van der Waals surface area contributed by atoms with Gasteiger partial charge < -0.3 is 0 Å². The van der Waals surface area contributed by atoms with Crippen molar-refractivity contribution in [2.75, 3.05) is 6.54 Å². The van der Waals surface area contributed by atoms with Gasteiger partial charge in [0.2, 0.25) is 0 Å². The minimum absolute atomic E-state index is 0.573. The second-order valence-corrected chi connectivity index (χ2v) is 6.55. The Balaban J connectivity index is 3.80. The average Bonchev–Trinajstić information content (AvgIpc) is 2.02. The van der Waals surface area contributed by atoms with E-state index in [0.29, 0.717) is 6.54 Å². The topological polar surface area (TPSA) is 55.4 Å². The zero-order valence-corrected chi connectivity index (χ0v) is 10.3. The largest absolute Gasteiger partial charge is 0.288 e. The summed E-state index contributed by atoms with van der Waals surface area (Å²) in [6.07, 6.45) is 3.11. The van der Waals surface area contributed by atoms with Gasteiger partial charge in [-0.3, -0.25) is 0 Å². The van der Waals surface area contributed by atoms with E-state index in [1.807, 2.05) is 0 Å². The van der Waals surface area contributed by atoms with Crippen LogP contribution in [0.25, 0.3) is 0 Å². The van der Waals surface area contributed by atoms with E-state index < -0.39 is 14.9 Å². The van der Waals surface area contributed by atoms with Crippen LogP contribution in [0, 0.1) is 0 Å². The Morgan fingerprint density at radius 1 is 1.21 bits per heavy atom. The Hall–Kier alpha value is -0.130. The molecule has 0 aromatic carbocycles. The van der Waals surface area contributed by atoms with Crippen LogP contribution in [-0.2, 0) is 14.4 Å². The highest BCUT2D eigenvalue weighted by atomic mass is 32.2. The van der Waals surface area contributed by atoms with Crippen LogP contribution in [-0.4, -0.2) is 19.7 Å². The predicted octanol–water partition coefficient (Wildman–Crippen LogP) is 1.83. The summed E-state index contributed by atoms with van der Waals surface area (Å²) < 4.78 is 26.6. The first-order valence-corrected chi connectivity index (χ1v) is 6.38. The molecule has 86 valence electrons. The maximum atomic E-state index is 11.4. The molecule has 0 aromatic rings. The van der Waals surface area contributed by atoms with E-state index in [0.717, 1.165) is 19.3 Å². The molecule has 1 N–H and O–H groups in total. The minimum Gasteiger partial charge on any atom is -0.197 e. The summed E-state index contributed by atoms with van der Waals surface area (Å²) in [5, 5.41) is 0. The third kappa shape index (κ3) is 4.93. The van der Waals surface area contributed by atoms with E-state index in [-0.39, 0.29) is 0 Å². The molecule has 5 heteroatoms. The monoisotopic (exact) mass is 223 g/mol. The SMILES string of the molecule is CCCCCNOS(=O)(=O)C(C)(C)C. The fraction of sp³-hybridized carbons (Fsp3) is 1.00. The maximum absolute atomic E-state index is 11.4. The molecule has 0 aliphatic rings. The lowest BCUT2D eigenvalue weighted by atomic mass is 10.3. The van der Waals surface area contributed by atoms with Crippen molar-refractivity contribution < 1.29 is 12.7 Å². The third-order valence-corrected chi connectivity index (χ3v) is 3.64. The van der Waals surface area contributed by atoms with Crippen molar-refractivity contribution >= 4 is 10.1 Å². The second-order valence-electron chi connectivity index (χ2n) is 4.25. The second kappa shape index (κ2) is 5.68. The Kier molecular flexibility index (Phi) is 5.63. The molecule has 0 saturated heterocycles. The smallest absolute Gasteiger partial charge is 0.197 e. The van der Waals surface area contributed by atoms with Gasteiger partial charge in [0, 0.05) is 6.54 Å². The predicted molar refractivity (Wildman–Crippen MR) is 57.3 cm³/mol. The summed E-state index contributed by atoms with van der Waals surface area (Å²) >= 11 is 0. The molecule has 0 fully saturated rings. The van der Waals surface area contributed by atoms with Crippen LogP contribution < -0.4 is 5.48 Å². The van der Waals surface area contributed by atoms with Gasteiger partial charge in [-0.2, -0.15) is 18.2 Å². The fourth-order valence-corrected chi connectivity index (χ4v) is 1.18. The van der Waals surface area contributed by atoms with Crippen molar-refractivity contribution in [1.82, 2.24) is 5.48 Å². The average molecular weight is 223 g/mol. The molecule has 0 unspecified atom stereocenters. The van der Waals surface area contributed by atoms with Crippen LogP contribution >= 0.6 is 0 Å². The molecule has 0 bridgehead atoms. The van der Waals surface area contributed by atoms with Crippen LogP contribution in [0.4, 0.5) is 0 Å². The van der Waals surface area contributed by atoms with Gasteiger partial charge in [0.05, 0.1) is 4.75 Å². The molecule has 0 heterocycles. The molecule has 0 saturated carbocycles. The molecular formula is C9H21NO3S. The number of nitrogens with one attached hydrogen (secondary N) is 1. The van der Waals surface area contributed by atoms with Crippen molar-refractivity contribution in [3.8, 4) is 0 Å². The standard InChI is InChI=1S/C9H21NO3S/c1-5-6-7-8-10-13-14(11,12)9(2,3)4/h10H,5-8H2,1-4H3. The molecule has 0 rings (SSSR count). The highest BCUT2D eigenvalue weighted by Gasteiger charge is 2.30. The first-order chi connectivity index (χ1) is 6.31. The molecule has 4 nitrogen and oxygen atoms in total. The third-order valence-electron chi connectivity index (χ3n) is 1.80. The van der Waals surface area contributed by atoms with Gasteiger partial charge in [-0.15, -0.1) is 0 Å². The normalized spacial score (nSPS) is 13.1. The summed E-state index contributed by atoms with van der Waals surface area (Å²) in [6, 6.07) is 0. The van der Waals surface area contributed by atoms with E-state index in [2.05, 4.69) is 16.7 Å². The minimum atomic E-state index is -3.50. The van der Waals surface area contributed by atoms with Gasteiger partial charge >= 0.3 is 0 Å². The van der Waals surface area contributed by atoms with E-state index in [1.54, 1.807) is 20.8 Å². The van der Waals surface area contributed by atoms with Gasteiger partial charge in [0.15, 0.2) is 0 Å². The fourth-order valence-electron chi connectivity index (χ4n) is 0.691. The molecule has 0 spiro atoms. The van der Waals surface area contributed by atoms with E-state index >= 15 is 0 Å². The van der Waals surface area contributed by atoms with E-state index in [1.165, 1.54) is 0 Å². The maximum Gasteiger partial charge on any atom is 0.288 e. The zero-order valence-electron chi connectivity index (χ0n) is 9.46. The van der Waals surface area contributed by atoms with Gasteiger partial charge in [-0.05, 0) is 27.2 Å². The first-order valence-electron chi connectivity index (χ1n) is 4.97. The summed E-state index contributed by atoms with van der Waals surface area (Å²) in [6.45, 7) is 7.48. The summed E-state index contributed by atoms with van der Waals surface area (Å²) in [5.41, 5.74) is 2.48. The lowest BCUT2D eigenvalue weighted by Gasteiger charge is -2.18. The molecule has 0 radical (unpaired) electrons. The Morgan fingerprint density at radius 2 is 1.79 bits per heavy atom. The molecular weight excluding hydrogens is 202 g/mol. The van der Waals surface area contributed by atoms with Gasteiger partial charge in [0.1, 0.15) is 0 Å². The van der Waals surface area contributed by atoms with Crippen molar-refractivity contribution in [3.63, 3.8) is 0 Å². The highest BCUT2D eigenvalue weighted by molar-refractivity contribution is 7.88. The van der Waals surface area contributed by atoms with Crippen molar-refractivity contribution in [2.24, 2.45) is 0 Å². The van der Waals surface area contributed by atoms with Gasteiger partial charge in [-0.25, -0.2) is 0 Å². The lowest BCUT2D eigenvalue weighted by molar-refractivity contribution is 0.194. The van der Waals surface area contributed by atoms with E-state index in [9.17, 15) is 8.42 Å². The number of hydrogen-bond acceptors (Lipinski definition) is 4. The molecule has 0 aromatic heterocycles. The van der Waals surface area contributed by atoms with Crippen molar-refractivity contribution in [1.29, 1.82) is 0 Å². The van der Waals surface area contributed by atoms with Crippen LogP contribution in [0.2, 0.25) is 0 Å². The molecule has 0 aliphatic carbocycles. The van der Waals surface area contributed by atoms with E-state index in [4.69, 9.17) is 0 Å². The van der Waals surface area contributed by atoms with Crippen LogP contribution in [0.1, 0.15) is 47.0 Å². The first kappa shape index (κ1) is 13.9. The van der Waals surface area contributed by atoms with Gasteiger partial charge in [-0.1, -0.05) is 19.8 Å². The molecule has 14 heavy (non-hydrogen) atoms. The Morgan fingerprint density at radius 3 is 2.21 bits per heavy atom. The quantitative estimate of drug-likeness (QED) is 0.551. The van der Waals surface area contributed by atoms with Crippen molar-refractivity contribution in [2.45, 2.75) is 51.7 Å². The van der Waals surface area contributed by atoms with Gasteiger partial charge in [0.25, 0.3) is 10.1 Å². The number of hydroxylamine groups is 1. The summed E-state index contributed by atoms with van der Waals surface area (Å²) in [7, 11) is -3.50. The van der Waals surface area contributed by atoms with Crippen LogP contribution in [0.3, 0.4) is 0 Å². The number of hydrogen-bond donors (Lipinski definition) is 1. The molecule has 0 aliphatic heterocycles. The van der Waals surface area contributed by atoms with Crippen LogP contribution in [0.5, 0.6) is 0 Å². The summed E-state index contributed by atoms with van der Waals surface area (Å²) in [5.74, 6) is 0. The Bertz CT molecular complexity index is 241. The summed E-state index contributed by atoms with van der Waals surface area (Å²) in [4.78, 5) is 0. The Labute approximate surface area is 87.1 Å². The van der Waals surface area contributed by atoms with Crippen LogP contribution in [0.15, 0.2) is 0 Å². The number of unbranched alkanes of at least 4 members (excludes halogenated alkanes) is 2. The lowest BCUT2D eigenvalue weighted by Crippen LogP contribution is -2.34.